The van der Waals surface area contributed by atoms with Gasteiger partial charge in [0.25, 0.3) is 0 Å². The monoisotopic (exact) mass is 329 g/mol. The number of morpholine rings is 1. The van der Waals surface area contributed by atoms with Gasteiger partial charge in [-0.15, -0.1) is 0 Å². The lowest BCUT2D eigenvalue weighted by Gasteiger charge is -2.33. The molecule has 0 spiro atoms. The van der Waals surface area contributed by atoms with Crippen molar-refractivity contribution in [3.63, 3.8) is 0 Å². The molecule has 1 atom stereocenters. The standard InChI is InChI=1S/C17H23N5O2/c1-14-10-15(20-12-19-14)2-3-16-11-22(8-9-24-16)17(23)4-6-21-7-5-18-13-21/h5,7,10,12-13,16H,2-4,6,8-9,11H2,1H3. The van der Waals surface area contributed by atoms with E-state index >= 15 is 0 Å². The molecular formula is C17H23N5O2. The van der Waals surface area contributed by atoms with Gasteiger partial charge in [-0.05, 0) is 25.8 Å². The molecule has 1 fully saturated rings. The Hall–Kier alpha value is -2.28. The summed E-state index contributed by atoms with van der Waals surface area (Å²) in [6.07, 6.45) is 9.20. The molecule has 1 aliphatic rings. The zero-order valence-corrected chi connectivity index (χ0v) is 14.0. The quantitative estimate of drug-likeness (QED) is 0.797. The third-order valence-electron chi connectivity index (χ3n) is 4.22. The van der Waals surface area contributed by atoms with Gasteiger partial charge in [-0.25, -0.2) is 15.0 Å². The van der Waals surface area contributed by atoms with E-state index in [4.69, 9.17) is 4.74 Å². The summed E-state index contributed by atoms with van der Waals surface area (Å²) in [5.41, 5.74) is 2.00. The molecule has 3 heterocycles. The first-order valence-electron chi connectivity index (χ1n) is 8.33. The lowest BCUT2D eigenvalue weighted by atomic mass is 10.1. The number of rotatable bonds is 6. The minimum atomic E-state index is 0.0752. The van der Waals surface area contributed by atoms with Crippen LogP contribution in [0.3, 0.4) is 0 Å². The van der Waals surface area contributed by atoms with Gasteiger partial charge >= 0.3 is 0 Å². The summed E-state index contributed by atoms with van der Waals surface area (Å²) in [6.45, 7) is 4.56. The third-order valence-corrected chi connectivity index (χ3v) is 4.22. The SMILES string of the molecule is Cc1cc(CCC2CN(C(=O)CCn3ccnc3)CCO2)ncn1. The molecule has 0 aromatic carbocycles. The average Bonchev–Trinajstić information content (AvgIpc) is 3.12. The molecule has 1 amide bonds. The molecule has 7 heteroatoms. The minimum absolute atomic E-state index is 0.0752. The summed E-state index contributed by atoms with van der Waals surface area (Å²) in [7, 11) is 0. The minimum Gasteiger partial charge on any atom is -0.375 e. The second-order valence-electron chi connectivity index (χ2n) is 6.07. The van der Waals surface area contributed by atoms with Crippen LogP contribution in [0.1, 0.15) is 24.2 Å². The van der Waals surface area contributed by atoms with Crippen LogP contribution in [0.15, 0.2) is 31.1 Å². The van der Waals surface area contributed by atoms with Crippen LogP contribution in [0.4, 0.5) is 0 Å². The van der Waals surface area contributed by atoms with Crippen molar-refractivity contribution in [3.8, 4) is 0 Å². The molecule has 0 aliphatic carbocycles. The molecule has 0 bridgehead atoms. The van der Waals surface area contributed by atoms with Gasteiger partial charge in [0, 0.05) is 49.8 Å². The maximum Gasteiger partial charge on any atom is 0.224 e. The van der Waals surface area contributed by atoms with E-state index in [2.05, 4.69) is 15.0 Å². The Morgan fingerprint density at radius 3 is 3.12 bits per heavy atom. The summed E-state index contributed by atoms with van der Waals surface area (Å²) in [6, 6.07) is 2.00. The van der Waals surface area contributed by atoms with Crippen LogP contribution < -0.4 is 0 Å². The van der Waals surface area contributed by atoms with Crippen molar-refractivity contribution < 1.29 is 9.53 Å². The van der Waals surface area contributed by atoms with Gasteiger partial charge in [0.05, 0.1) is 19.0 Å². The topological polar surface area (TPSA) is 73.1 Å². The summed E-state index contributed by atoms with van der Waals surface area (Å²) in [5.74, 6) is 0.176. The molecule has 3 rings (SSSR count). The van der Waals surface area contributed by atoms with Gasteiger partial charge in [0.2, 0.25) is 5.91 Å². The molecule has 1 aliphatic heterocycles. The molecule has 7 nitrogen and oxygen atoms in total. The normalized spacial score (nSPS) is 17.9. The highest BCUT2D eigenvalue weighted by atomic mass is 16.5. The second-order valence-corrected chi connectivity index (χ2v) is 6.07. The number of carbonyl (C=O) groups excluding carboxylic acids is 1. The highest BCUT2D eigenvalue weighted by Gasteiger charge is 2.23. The molecule has 2 aromatic heterocycles. The fourth-order valence-electron chi connectivity index (χ4n) is 2.88. The number of hydrogen-bond acceptors (Lipinski definition) is 5. The van der Waals surface area contributed by atoms with Crippen LogP contribution in [0.2, 0.25) is 0 Å². The molecule has 24 heavy (non-hydrogen) atoms. The smallest absolute Gasteiger partial charge is 0.224 e. The van der Waals surface area contributed by atoms with Gasteiger partial charge in [0.1, 0.15) is 6.33 Å². The maximum atomic E-state index is 12.4. The first-order valence-corrected chi connectivity index (χ1v) is 8.33. The number of aromatic nitrogens is 4. The number of imidazole rings is 1. The van der Waals surface area contributed by atoms with E-state index in [-0.39, 0.29) is 12.0 Å². The van der Waals surface area contributed by atoms with Crippen LogP contribution in [-0.4, -0.2) is 56.1 Å². The number of hydrogen-bond donors (Lipinski definition) is 0. The number of ether oxygens (including phenoxy) is 1. The lowest BCUT2D eigenvalue weighted by molar-refractivity contribution is -0.139. The molecule has 0 radical (unpaired) electrons. The summed E-state index contributed by atoms with van der Waals surface area (Å²) in [4.78, 5) is 26.7. The van der Waals surface area contributed by atoms with Crippen molar-refractivity contribution in [3.05, 3.63) is 42.5 Å². The van der Waals surface area contributed by atoms with Crippen molar-refractivity contribution in [2.24, 2.45) is 0 Å². The van der Waals surface area contributed by atoms with Crippen LogP contribution in [-0.2, 0) is 22.5 Å². The Labute approximate surface area is 141 Å². The van der Waals surface area contributed by atoms with Crippen molar-refractivity contribution in [2.45, 2.75) is 38.8 Å². The third kappa shape index (κ3) is 4.61. The average molecular weight is 329 g/mol. The Morgan fingerprint density at radius 2 is 2.33 bits per heavy atom. The van der Waals surface area contributed by atoms with Crippen LogP contribution >= 0.6 is 0 Å². The van der Waals surface area contributed by atoms with Gasteiger partial charge in [0.15, 0.2) is 0 Å². The number of aryl methyl sites for hydroxylation is 3. The molecule has 2 aromatic rings. The van der Waals surface area contributed by atoms with Gasteiger partial charge < -0.3 is 14.2 Å². The first kappa shape index (κ1) is 16.6. The number of amides is 1. The molecule has 1 saturated heterocycles. The van der Waals surface area contributed by atoms with Crippen LogP contribution in [0.5, 0.6) is 0 Å². The van der Waals surface area contributed by atoms with Crippen molar-refractivity contribution in [2.75, 3.05) is 19.7 Å². The van der Waals surface area contributed by atoms with Crippen molar-refractivity contribution in [1.82, 2.24) is 24.4 Å². The summed E-state index contributed by atoms with van der Waals surface area (Å²) < 4.78 is 7.73. The Bertz CT molecular complexity index is 659. The fourth-order valence-corrected chi connectivity index (χ4v) is 2.88. The Morgan fingerprint density at radius 1 is 1.42 bits per heavy atom. The van der Waals surface area contributed by atoms with E-state index in [1.165, 1.54) is 0 Å². The van der Waals surface area contributed by atoms with Crippen molar-refractivity contribution in [1.29, 1.82) is 0 Å². The largest absolute Gasteiger partial charge is 0.375 e. The summed E-state index contributed by atoms with van der Waals surface area (Å²) in [5, 5.41) is 0. The lowest BCUT2D eigenvalue weighted by Crippen LogP contribution is -2.46. The molecular weight excluding hydrogens is 306 g/mol. The first-order chi connectivity index (χ1) is 11.7. The Kier molecular flexibility index (Phi) is 5.53. The van der Waals surface area contributed by atoms with Crippen molar-refractivity contribution >= 4 is 5.91 Å². The predicted octanol–water partition coefficient (Wildman–Crippen LogP) is 1.23. The van der Waals surface area contributed by atoms with E-state index in [0.717, 1.165) is 24.2 Å². The molecule has 1 unspecified atom stereocenters. The fraction of sp³-hybridized carbons (Fsp3) is 0.529. The van der Waals surface area contributed by atoms with Crippen LogP contribution in [0.25, 0.3) is 0 Å². The van der Waals surface area contributed by atoms with Gasteiger partial charge in [-0.3, -0.25) is 4.79 Å². The highest BCUT2D eigenvalue weighted by molar-refractivity contribution is 5.76. The van der Waals surface area contributed by atoms with E-state index in [1.54, 1.807) is 18.9 Å². The van der Waals surface area contributed by atoms with E-state index in [9.17, 15) is 4.79 Å². The zero-order chi connectivity index (χ0) is 16.8. The van der Waals surface area contributed by atoms with Gasteiger partial charge in [-0.1, -0.05) is 0 Å². The number of carbonyl (C=O) groups is 1. The predicted molar refractivity (Wildman–Crippen MR) is 88.3 cm³/mol. The van der Waals surface area contributed by atoms with Gasteiger partial charge in [-0.2, -0.15) is 0 Å². The zero-order valence-electron chi connectivity index (χ0n) is 14.0. The Balaban J connectivity index is 1.46. The highest BCUT2D eigenvalue weighted by Crippen LogP contribution is 2.13. The molecule has 128 valence electrons. The molecule has 0 N–H and O–H groups in total. The number of nitrogens with zero attached hydrogens (tertiary/aromatic N) is 5. The van der Waals surface area contributed by atoms with E-state index < -0.39 is 0 Å². The van der Waals surface area contributed by atoms with E-state index in [0.29, 0.717) is 32.7 Å². The van der Waals surface area contributed by atoms with Crippen LogP contribution in [0, 0.1) is 6.92 Å². The molecule has 0 saturated carbocycles. The van der Waals surface area contributed by atoms with E-state index in [1.807, 2.05) is 28.7 Å². The summed E-state index contributed by atoms with van der Waals surface area (Å²) >= 11 is 0. The second kappa shape index (κ2) is 8.01. The maximum absolute atomic E-state index is 12.4.